The van der Waals surface area contributed by atoms with Crippen LogP contribution in [0.2, 0.25) is 0 Å². The first-order valence-corrected chi connectivity index (χ1v) is 5.95. The minimum Gasteiger partial charge on any atom is -0.478 e. The van der Waals surface area contributed by atoms with E-state index in [0.717, 1.165) is 11.0 Å². The monoisotopic (exact) mass is 290 g/mol. The lowest BCUT2D eigenvalue weighted by Gasteiger charge is -2.18. The largest absolute Gasteiger partial charge is 0.478 e. The van der Waals surface area contributed by atoms with E-state index in [1.54, 1.807) is 0 Å². The lowest BCUT2D eigenvalue weighted by molar-refractivity contribution is -0.400. The van der Waals surface area contributed by atoms with Crippen molar-refractivity contribution in [1.82, 2.24) is 0 Å². The summed E-state index contributed by atoms with van der Waals surface area (Å²) in [4.78, 5) is 45.4. The zero-order valence-corrected chi connectivity index (χ0v) is 10.7. The number of carbonyl (C=O) groups excluding carboxylic acids is 2. The molecule has 0 spiro atoms. The fraction of sp³-hybridized carbons (Fsp3) is 0.154. The van der Waals surface area contributed by atoms with Crippen molar-refractivity contribution in [2.75, 3.05) is 4.90 Å². The van der Waals surface area contributed by atoms with Crippen LogP contribution < -0.4 is 4.90 Å². The Morgan fingerprint density at radius 1 is 1.29 bits per heavy atom. The van der Waals surface area contributed by atoms with Crippen LogP contribution in [0.25, 0.3) is 6.08 Å². The molecule has 1 aromatic carbocycles. The van der Waals surface area contributed by atoms with Gasteiger partial charge in [0.2, 0.25) is 18.0 Å². The van der Waals surface area contributed by atoms with Gasteiger partial charge in [-0.2, -0.15) is 0 Å². The van der Waals surface area contributed by atoms with Crippen molar-refractivity contribution in [1.29, 1.82) is 0 Å². The summed E-state index contributed by atoms with van der Waals surface area (Å²) in [6.45, 7) is 0. The average Bonchev–Trinajstić information content (AvgIpc) is 2.75. The molecular weight excluding hydrogens is 280 g/mol. The van der Waals surface area contributed by atoms with E-state index in [-0.39, 0.29) is 29.7 Å². The second-order valence-corrected chi connectivity index (χ2v) is 4.27. The molecule has 1 fully saturated rings. The van der Waals surface area contributed by atoms with Crippen molar-refractivity contribution in [3.05, 3.63) is 45.6 Å². The lowest BCUT2D eigenvalue weighted by Crippen LogP contribution is -2.31. The molecular formula is C13H10N2O6. The number of para-hydroxylation sites is 1. The molecule has 0 saturated carbocycles. The van der Waals surface area contributed by atoms with Gasteiger partial charge >= 0.3 is 5.97 Å². The van der Waals surface area contributed by atoms with Crippen molar-refractivity contribution in [2.24, 2.45) is 0 Å². The summed E-state index contributed by atoms with van der Waals surface area (Å²) in [6.07, 6.45) is 1.66. The van der Waals surface area contributed by atoms with Crippen LogP contribution in [-0.4, -0.2) is 27.8 Å². The molecule has 1 saturated heterocycles. The minimum atomic E-state index is -1.33. The van der Waals surface area contributed by atoms with Crippen LogP contribution in [-0.2, 0) is 9.59 Å². The first kappa shape index (κ1) is 14.4. The molecule has 0 aromatic heterocycles. The molecule has 0 radical (unpaired) electrons. The number of hydrogen-bond acceptors (Lipinski definition) is 5. The third-order valence-electron chi connectivity index (χ3n) is 2.95. The predicted octanol–water partition coefficient (Wildman–Crippen LogP) is 1.29. The Labute approximate surface area is 118 Å². The first-order valence-electron chi connectivity index (χ1n) is 5.95. The molecule has 1 aliphatic rings. The van der Waals surface area contributed by atoms with Crippen molar-refractivity contribution in [2.45, 2.75) is 12.8 Å². The van der Waals surface area contributed by atoms with Crippen molar-refractivity contribution in [3.8, 4) is 0 Å². The summed E-state index contributed by atoms with van der Waals surface area (Å²) in [5.74, 6) is -2.37. The molecule has 8 heteroatoms. The molecule has 2 rings (SSSR count). The van der Waals surface area contributed by atoms with E-state index < -0.39 is 22.7 Å². The zero-order valence-electron chi connectivity index (χ0n) is 10.7. The number of nitro groups is 1. The van der Waals surface area contributed by atoms with Gasteiger partial charge in [-0.05, 0) is 6.07 Å². The van der Waals surface area contributed by atoms with Crippen LogP contribution in [0.15, 0.2) is 24.4 Å². The number of nitrogens with zero attached hydrogens (tertiary/aromatic N) is 2. The van der Waals surface area contributed by atoms with Crippen LogP contribution in [0.5, 0.6) is 0 Å². The SMILES string of the molecule is O=C(O)c1cccc(/C=C/[N+](=O)[O-])c1N1C(=O)CCC1=O. The highest BCUT2D eigenvalue weighted by atomic mass is 16.6. The second kappa shape index (κ2) is 5.53. The highest BCUT2D eigenvalue weighted by molar-refractivity contribution is 6.22. The minimum absolute atomic E-state index is 0.00875. The molecule has 2 amide bonds. The van der Waals surface area contributed by atoms with E-state index in [1.165, 1.54) is 18.2 Å². The second-order valence-electron chi connectivity index (χ2n) is 4.27. The summed E-state index contributed by atoms with van der Waals surface area (Å²) in [5, 5.41) is 19.6. The van der Waals surface area contributed by atoms with E-state index in [9.17, 15) is 29.6 Å². The molecule has 0 unspecified atom stereocenters. The summed E-state index contributed by atoms with van der Waals surface area (Å²) < 4.78 is 0. The summed E-state index contributed by atoms with van der Waals surface area (Å²) in [7, 11) is 0. The maximum absolute atomic E-state index is 11.8. The van der Waals surface area contributed by atoms with Gasteiger partial charge in [-0.25, -0.2) is 9.69 Å². The fourth-order valence-electron chi connectivity index (χ4n) is 2.09. The number of imide groups is 1. The van der Waals surface area contributed by atoms with Gasteiger partial charge in [-0.1, -0.05) is 12.1 Å². The number of anilines is 1. The molecule has 21 heavy (non-hydrogen) atoms. The van der Waals surface area contributed by atoms with E-state index >= 15 is 0 Å². The molecule has 1 aromatic rings. The highest BCUT2D eigenvalue weighted by Crippen LogP contribution is 2.31. The van der Waals surface area contributed by atoms with Crippen molar-refractivity contribution < 1.29 is 24.4 Å². The molecule has 108 valence electrons. The molecule has 0 atom stereocenters. The molecule has 1 aliphatic heterocycles. The fourth-order valence-corrected chi connectivity index (χ4v) is 2.09. The number of carboxylic acid groups (broad SMARTS) is 1. The van der Waals surface area contributed by atoms with Crippen molar-refractivity contribution >= 4 is 29.5 Å². The molecule has 1 heterocycles. The zero-order chi connectivity index (χ0) is 15.6. The van der Waals surface area contributed by atoms with Gasteiger partial charge in [0.15, 0.2) is 0 Å². The van der Waals surface area contributed by atoms with Crippen LogP contribution in [0, 0.1) is 10.1 Å². The van der Waals surface area contributed by atoms with Crippen LogP contribution in [0.1, 0.15) is 28.8 Å². The third-order valence-corrected chi connectivity index (χ3v) is 2.95. The Morgan fingerprint density at radius 3 is 2.43 bits per heavy atom. The van der Waals surface area contributed by atoms with Gasteiger partial charge in [0.25, 0.3) is 0 Å². The van der Waals surface area contributed by atoms with Crippen LogP contribution in [0.4, 0.5) is 5.69 Å². The number of carbonyl (C=O) groups is 3. The average molecular weight is 290 g/mol. The predicted molar refractivity (Wildman–Crippen MR) is 71.2 cm³/mol. The van der Waals surface area contributed by atoms with Crippen LogP contribution >= 0.6 is 0 Å². The molecule has 8 nitrogen and oxygen atoms in total. The Bertz CT molecular complexity index is 663. The Balaban J connectivity index is 2.64. The Kier molecular flexibility index (Phi) is 3.79. The number of hydrogen-bond donors (Lipinski definition) is 1. The normalized spacial score (nSPS) is 15.0. The Morgan fingerprint density at radius 2 is 1.90 bits per heavy atom. The van der Waals surface area contributed by atoms with Crippen LogP contribution in [0.3, 0.4) is 0 Å². The summed E-state index contributed by atoms with van der Waals surface area (Å²) in [5.41, 5.74) is -0.269. The Hall–Kier alpha value is -3.03. The quantitative estimate of drug-likeness (QED) is 0.507. The van der Waals surface area contributed by atoms with Gasteiger partial charge in [0.1, 0.15) is 0 Å². The lowest BCUT2D eigenvalue weighted by atomic mass is 10.1. The van der Waals surface area contributed by atoms with E-state index in [2.05, 4.69) is 0 Å². The summed E-state index contributed by atoms with van der Waals surface area (Å²) >= 11 is 0. The standard InChI is InChI=1S/C13H10N2O6/c16-10-4-5-11(17)15(10)12-8(6-7-14(20)21)2-1-3-9(12)13(18)19/h1-3,6-7H,4-5H2,(H,18,19)/b7-6+. The molecule has 0 aliphatic carbocycles. The number of amides is 2. The number of benzene rings is 1. The van der Waals surface area contributed by atoms with E-state index in [1.807, 2.05) is 0 Å². The van der Waals surface area contributed by atoms with E-state index in [4.69, 9.17) is 0 Å². The van der Waals surface area contributed by atoms with Gasteiger partial charge in [-0.3, -0.25) is 19.7 Å². The number of carboxylic acids is 1. The smallest absolute Gasteiger partial charge is 0.337 e. The van der Waals surface area contributed by atoms with E-state index in [0.29, 0.717) is 6.20 Å². The topological polar surface area (TPSA) is 118 Å². The van der Waals surface area contributed by atoms with Gasteiger partial charge in [-0.15, -0.1) is 0 Å². The molecule has 1 N–H and O–H groups in total. The van der Waals surface area contributed by atoms with Crippen molar-refractivity contribution in [3.63, 3.8) is 0 Å². The highest BCUT2D eigenvalue weighted by Gasteiger charge is 2.34. The first-order chi connectivity index (χ1) is 9.91. The van der Waals surface area contributed by atoms with Gasteiger partial charge in [0, 0.05) is 24.5 Å². The summed E-state index contributed by atoms with van der Waals surface area (Å²) in [6, 6.07) is 4.03. The number of aromatic carboxylic acids is 1. The third kappa shape index (κ3) is 2.78. The van der Waals surface area contributed by atoms with Gasteiger partial charge in [0.05, 0.1) is 16.2 Å². The maximum Gasteiger partial charge on any atom is 0.337 e. The molecule has 0 bridgehead atoms. The van der Waals surface area contributed by atoms with Gasteiger partial charge < -0.3 is 5.11 Å². The number of rotatable bonds is 4. The maximum atomic E-state index is 11.8.